The van der Waals surface area contributed by atoms with Gasteiger partial charge in [0.25, 0.3) is 0 Å². The van der Waals surface area contributed by atoms with E-state index in [0.29, 0.717) is 0 Å². The molecular formula is C4H7ClN. The van der Waals surface area contributed by atoms with Gasteiger partial charge in [-0.25, -0.2) is 5.32 Å². The molecule has 1 atom stereocenters. The van der Waals surface area contributed by atoms with Crippen molar-refractivity contribution in [3.8, 4) is 0 Å². The number of rotatable bonds is 0. The van der Waals surface area contributed by atoms with Crippen LogP contribution in [0.1, 0.15) is 12.8 Å². The van der Waals surface area contributed by atoms with Gasteiger partial charge in [-0.1, -0.05) is 0 Å². The number of halogens is 1. The van der Waals surface area contributed by atoms with Crippen LogP contribution < -0.4 is 5.32 Å². The molecule has 0 aromatic rings. The molecule has 0 aliphatic carbocycles. The van der Waals surface area contributed by atoms with Crippen LogP contribution in [0.4, 0.5) is 0 Å². The van der Waals surface area contributed by atoms with Crippen LogP contribution in [-0.2, 0) is 0 Å². The van der Waals surface area contributed by atoms with Gasteiger partial charge in [0, 0.05) is 6.54 Å². The third kappa shape index (κ3) is 0.854. The third-order valence-corrected chi connectivity index (χ3v) is 1.28. The van der Waals surface area contributed by atoms with Crippen molar-refractivity contribution in [3.63, 3.8) is 0 Å². The predicted octanol–water partition coefficient (Wildman–Crippen LogP) is 0.950. The maximum Gasteiger partial charge on any atom is 0.0985 e. The second-order valence-electron chi connectivity index (χ2n) is 1.48. The molecule has 35 valence electrons. The third-order valence-electron chi connectivity index (χ3n) is 0.928. The van der Waals surface area contributed by atoms with Crippen LogP contribution in [0.3, 0.4) is 0 Å². The number of alkyl halides is 1. The van der Waals surface area contributed by atoms with Crippen molar-refractivity contribution in [1.82, 2.24) is 5.32 Å². The van der Waals surface area contributed by atoms with Gasteiger partial charge in [0.05, 0.1) is 5.50 Å². The lowest BCUT2D eigenvalue weighted by atomic mass is 10.4. The summed E-state index contributed by atoms with van der Waals surface area (Å²) in [5.74, 6) is 0. The molecule has 1 saturated heterocycles. The molecule has 0 amide bonds. The van der Waals surface area contributed by atoms with Crippen molar-refractivity contribution in [1.29, 1.82) is 0 Å². The summed E-state index contributed by atoms with van der Waals surface area (Å²) in [6.45, 7) is 0.980. The lowest BCUT2D eigenvalue weighted by Crippen LogP contribution is -2.03. The Morgan fingerprint density at radius 3 is 2.67 bits per heavy atom. The smallest absolute Gasteiger partial charge is 0.0985 e. The molecule has 1 nitrogen and oxygen atoms in total. The highest BCUT2D eigenvalue weighted by Gasteiger charge is 2.09. The Hall–Kier alpha value is 0.250. The minimum absolute atomic E-state index is 0.144. The molecule has 1 aliphatic heterocycles. The summed E-state index contributed by atoms with van der Waals surface area (Å²) < 4.78 is 0. The molecule has 1 rings (SSSR count). The fourth-order valence-corrected chi connectivity index (χ4v) is 0.834. The van der Waals surface area contributed by atoms with Gasteiger partial charge in [-0.2, -0.15) is 0 Å². The zero-order valence-corrected chi connectivity index (χ0v) is 4.28. The van der Waals surface area contributed by atoms with Crippen LogP contribution in [0, 0.1) is 0 Å². The van der Waals surface area contributed by atoms with Crippen molar-refractivity contribution >= 4 is 11.6 Å². The molecule has 2 heteroatoms. The number of nitrogens with zero attached hydrogens (tertiary/aromatic N) is 1. The van der Waals surface area contributed by atoms with E-state index in [9.17, 15) is 0 Å². The fourth-order valence-electron chi connectivity index (χ4n) is 0.582. The zero-order chi connectivity index (χ0) is 4.41. The highest BCUT2D eigenvalue weighted by atomic mass is 35.5. The van der Waals surface area contributed by atoms with Crippen molar-refractivity contribution in [2.45, 2.75) is 18.3 Å². The summed E-state index contributed by atoms with van der Waals surface area (Å²) in [5.41, 5.74) is 0.144. The highest BCUT2D eigenvalue weighted by molar-refractivity contribution is 6.20. The summed E-state index contributed by atoms with van der Waals surface area (Å²) in [6, 6.07) is 0. The Labute approximate surface area is 42.7 Å². The Balaban J connectivity index is 2.18. The number of hydrogen-bond donors (Lipinski definition) is 0. The quantitative estimate of drug-likeness (QED) is 0.321. The van der Waals surface area contributed by atoms with E-state index < -0.39 is 0 Å². The van der Waals surface area contributed by atoms with Crippen molar-refractivity contribution < 1.29 is 0 Å². The van der Waals surface area contributed by atoms with E-state index >= 15 is 0 Å². The minimum Gasteiger partial charge on any atom is -0.222 e. The first kappa shape index (κ1) is 4.41. The van der Waals surface area contributed by atoms with E-state index in [0.717, 1.165) is 13.0 Å². The van der Waals surface area contributed by atoms with Gasteiger partial charge in [0.2, 0.25) is 0 Å². The Kier molecular flexibility index (Phi) is 1.33. The standard InChI is InChI=1S/C4H7ClN/c5-4-2-1-3-6-4/h4H,1-3H2. The fraction of sp³-hybridized carbons (Fsp3) is 1.00. The molecule has 6 heavy (non-hydrogen) atoms. The van der Waals surface area contributed by atoms with Gasteiger partial charge in [0.15, 0.2) is 0 Å². The van der Waals surface area contributed by atoms with E-state index in [2.05, 4.69) is 5.32 Å². The molecule has 0 saturated carbocycles. The average Bonchev–Trinajstić information content (AvgIpc) is 1.86. The van der Waals surface area contributed by atoms with Crippen molar-refractivity contribution in [2.24, 2.45) is 0 Å². The van der Waals surface area contributed by atoms with Crippen LogP contribution in [0.15, 0.2) is 0 Å². The van der Waals surface area contributed by atoms with Gasteiger partial charge in [0.1, 0.15) is 0 Å². The Morgan fingerprint density at radius 2 is 2.50 bits per heavy atom. The molecule has 0 bridgehead atoms. The SMILES string of the molecule is ClC1CCC[N]1. The monoisotopic (exact) mass is 104 g/mol. The first-order chi connectivity index (χ1) is 2.89. The van der Waals surface area contributed by atoms with Crippen LogP contribution >= 0.6 is 11.6 Å². The minimum atomic E-state index is 0.144. The second-order valence-corrected chi connectivity index (χ2v) is 1.99. The van der Waals surface area contributed by atoms with Gasteiger partial charge in [-0.05, 0) is 12.8 Å². The lowest BCUT2D eigenvalue weighted by Gasteiger charge is -1.89. The summed E-state index contributed by atoms with van der Waals surface area (Å²) in [5, 5.41) is 4.00. The molecule has 0 aromatic carbocycles. The topological polar surface area (TPSA) is 14.1 Å². The first-order valence-electron chi connectivity index (χ1n) is 2.20. The average molecular weight is 105 g/mol. The Morgan fingerprint density at radius 1 is 1.67 bits per heavy atom. The summed E-state index contributed by atoms with van der Waals surface area (Å²) in [7, 11) is 0. The van der Waals surface area contributed by atoms with Crippen LogP contribution in [0.2, 0.25) is 0 Å². The number of hydrogen-bond acceptors (Lipinski definition) is 0. The maximum atomic E-state index is 5.55. The molecule has 1 unspecified atom stereocenters. The van der Waals surface area contributed by atoms with Crippen molar-refractivity contribution in [3.05, 3.63) is 0 Å². The second kappa shape index (κ2) is 1.80. The van der Waals surface area contributed by atoms with Gasteiger partial charge < -0.3 is 0 Å². The van der Waals surface area contributed by atoms with E-state index in [1.165, 1.54) is 6.42 Å². The van der Waals surface area contributed by atoms with Gasteiger partial charge in [-0.15, -0.1) is 11.6 Å². The van der Waals surface area contributed by atoms with E-state index in [-0.39, 0.29) is 5.50 Å². The molecule has 0 aromatic heterocycles. The molecule has 1 radical (unpaired) electrons. The zero-order valence-electron chi connectivity index (χ0n) is 3.52. The molecule has 1 aliphatic rings. The van der Waals surface area contributed by atoms with Crippen molar-refractivity contribution in [2.75, 3.05) is 6.54 Å². The maximum absolute atomic E-state index is 5.55. The van der Waals surface area contributed by atoms with Gasteiger partial charge in [-0.3, -0.25) is 0 Å². The first-order valence-corrected chi connectivity index (χ1v) is 2.64. The molecule has 0 spiro atoms. The predicted molar refractivity (Wildman–Crippen MR) is 25.9 cm³/mol. The van der Waals surface area contributed by atoms with Gasteiger partial charge >= 0.3 is 0 Å². The largest absolute Gasteiger partial charge is 0.222 e. The molecule has 0 N–H and O–H groups in total. The van der Waals surface area contributed by atoms with Crippen LogP contribution in [-0.4, -0.2) is 12.0 Å². The summed E-state index contributed by atoms with van der Waals surface area (Å²) in [4.78, 5) is 0. The normalized spacial score (nSPS) is 34.5. The molecule has 1 heterocycles. The van der Waals surface area contributed by atoms with Crippen LogP contribution in [0.25, 0.3) is 0 Å². The molecule has 1 fully saturated rings. The van der Waals surface area contributed by atoms with E-state index in [1.807, 2.05) is 0 Å². The highest BCUT2D eigenvalue weighted by Crippen LogP contribution is 2.08. The summed E-state index contributed by atoms with van der Waals surface area (Å²) >= 11 is 5.55. The summed E-state index contributed by atoms with van der Waals surface area (Å²) in [6.07, 6.45) is 2.27. The van der Waals surface area contributed by atoms with E-state index in [4.69, 9.17) is 11.6 Å². The Bertz CT molecular complexity index is 40.8. The molecular weight excluding hydrogens is 97.5 g/mol. The lowest BCUT2D eigenvalue weighted by molar-refractivity contribution is 0.778. The van der Waals surface area contributed by atoms with Crippen LogP contribution in [0.5, 0.6) is 0 Å². The van der Waals surface area contributed by atoms with E-state index in [1.54, 1.807) is 0 Å².